The second-order valence-corrected chi connectivity index (χ2v) is 8.44. The molecular formula is C22H20F3NO3S. The molecule has 0 atom stereocenters. The van der Waals surface area contributed by atoms with Crippen LogP contribution in [0.4, 0.5) is 30.2 Å². The molecule has 0 aromatic heterocycles. The van der Waals surface area contributed by atoms with Gasteiger partial charge in [-0.05, 0) is 55.8 Å². The molecule has 158 valence electrons. The van der Waals surface area contributed by atoms with Crippen LogP contribution in [0.25, 0.3) is 0 Å². The maximum absolute atomic E-state index is 12.4. The van der Waals surface area contributed by atoms with E-state index in [1.54, 1.807) is 12.1 Å². The molecule has 0 unspecified atom stereocenters. The summed E-state index contributed by atoms with van der Waals surface area (Å²) in [5, 5.41) is 0. The molecule has 0 aliphatic rings. The minimum atomic E-state index is -5.63. The predicted molar refractivity (Wildman–Crippen MR) is 110 cm³/mol. The summed E-state index contributed by atoms with van der Waals surface area (Å²) in [6.45, 7) is 3.28. The van der Waals surface area contributed by atoms with Gasteiger partial charge in [0.1, 0.15) is 0 Å². The van der Waals surface area contributed by atoms with Gasteiger partial charge in [0.05, 0.1) is 6.61 Å². The van der Waals surface area contributed by atoms with Crippen molar-refractivity contribution < 1.29 is 25.8 Å². The molecule has 0 heterocycles. The van der Waals surface area contributed by atoms with Crippen LogP contribution in [-0.4, -0.2) is 13.9 Å². The Labute approximate surface area is 173 Å². The van der Waals surface area contributed by atoms with E-state index in [0.717, 1.165) is 28.2 Å². The number of halogens is 3. The normalized spacial score (nSPS) is 12.0. The molecule has 0 aliphatic heterocycles. The van der Waals surface area contributed by atoms with E-state index in [0.29, 0.717) is 5.56 Å². The summed E-state index contributed by atoms with van der Waals surface area (Å²) in [4.78, 5) is 2.00. The maximum atomic E-state index is 12.4. The van der Waals surface area contributed by atoms with Crippen LogP contribution in [0.15, 0.2) is 72.8 Å². The Kier molecular flexibility index (Phi) is 6.19. The zero-order valence-electron chi connectivity index (χ0n) is 16.3. The topological polar surface area (TPSA) is 46.6 Å². The van der Waals surface area contributed by atoms with Crippen molar-refractivity contribution >= 4 is 27.2 Å². The summed E-state index contributed by atoms with van der Waals surface area (Å²) in [7, 11) is -5.63. The molecule has 0 bridgehead atoms. The quantitative estimate of drug-likeness (QED) is 0.345. The van der Waals surface area contributed by atoms with Gasteiger partial charge < -0.3 is 4.90 Å². The zero-order valence-corrected chi connectivity index (χ0v) is 17.2. The molecule has 3 aromatic rings. The van der Waals surface area contributed by atoms with Crippen molar-refractivity contribution in [3.05, 3.63) is 89.5 Å². The first-order valence-corrected chi connectivity index (χ1v) is 10.5. The molecule has 30 heavy (non-hydrogen) atoms. The van der Waals surface area contributed by atoms with Gasteiger partial charge in [0.2, 0.25) is 0 Å². The summed E-state index contributed by atoms with van der Waals surface area (Å²) in [5.74, 6) is 0. The number of anilines is 3. The third kappa shape index (κ3) is 5.01. The van der Waals surface area contributed by atoms with Crippen molar-refractivity contribution in [2.75, 3.05) is 4.90 Å². The number of hydrogen-bond acceptors (Lipinski definition) is 4. The average Bonchev–Trinajstić information content (AvgIpc) is 2.69. The van der Waals surface area contributed by atoms with Crippen molar-refractivity contribution in [1.29, 1.82) is 0 Å². The van der Waals surface area contributed by atoms with Crippen molar-refractivity contribution in [2.24, 2.45) is 0 Å². The molecule has 0 aliphatic carbocycles. The summed E-state index contributed by atoms with van der Waals surface area (Å²) in [5.41, 5.74) is -0.326. The molecule has 0 N–H and O–H groups in total. The van der Waals surface area contributed by atoms with Crippen molar-refractivity contribution in [3.63, 3.8) is 0 Å². The van der Waals surface area contributed by atoms with Crippen LogP contribution < -0.4 is 4.90 Å². The molecule has 8 heteroatoms. The van der Waals surface area contributed by atoms with E-state index in [2.05, 4.69) is 4.18 Å². The van der Waals surface area contributed by atoms with Gasteiger partial charge in [-0.2, -0.15) is 21.6 Å². The van der Waals surface area contributed by atoms with Crippen molar-refractivity contribution in [1.82, 2.24) is 0 Å². The first-order chi connectivity index (χ1) is 14.1. The minimum Gasteiger partial charge on any atom is -0.311 e. The van der Waals surface area contributed by atoms with Gasteiger partial charge in [0, 0.05) is 17.1 Å². The fourth-order valence-electron chi connectivity index (χ4n) is 2.79. The molecule has 0 amide bonds. The first-order valence-electron chi connectivity index (χ1n) is 9.05. The van der Waals surface area contributed by atoms with Gasteiger partial charge in [-0.1, -0.05) is 47.5 Å². The Morgan fingerprint density at radius 1 is 0.733 bits per heavy atom. The summed E-state index contributed by atoms with van der Waals surface area (Å²) in [6, 6.07) is 22.3. The van der Waals surface area contributed by atoms with E-state index in [9.17, 15) is 21.6 Å². The van der Waals surface area contributed by atoms with Crippen molar-refractivity contribution in [2.45, 2.75) is 26.0 Å². The lowest BCUT2D eigenvalue weighted by molar-refractivity contribution is -0.0547. The van der Waals surface area contributed by atoms with Crippen LogP contribution >= 0.6 is 0 Å². The molecule has 0 spiro atoms. The van der Waals surface area contributed by atoms with Crippen LogP contribution in [0.1, 0.15) is 16.7 Å². The zero-order chi connectivity index (χ0) is 21.9. The second kappa shape index (κ2) is 8.49. The van der Waals surface area contributed by atoms with Gasteiger partial charge in [-0.3, -0.25) is 4.18 Å². The Hall–Kier alpha value is -2.84. The van der Waals surface area contributed by atoms with E-state index < -0.39 is 22.2 Å². The lowest BCUT2D eigenvalue weighted by Crippen LogP contribution is -2.25. The van der Waals surface area contributed by atoms with Gasteiger partial charge in [-0.25, -0.2) is 0 Å². The highest BCUT2D eigenvalue weighted by Crippen LogP contribution is 2.35. The molecule has 0 fully saturated rings. The highest BCUT2D eigenvalue weighted by Gasteiger charge is 2.47. The summed E-state index contributed by atoms with van der Waals surface area (Å²) >= 11 is 0. The number of hydrogen-bond donors (Lipinski definition) is 0. The molecule has 0 saturated carbocycles. The smallest absolute Gasteiger partial charge is 0.311 e. The van der Waals surface area contributed by atoms with E-state index in [-0.39, 0.29) is 0 Å². The van der Waals surface area contributed by atoms with Gasteiger partial charge in [-0.15, -0.1) is 0 Å². The van der Waals surface area contributed by atoms with Crippen LogP contribution in [0, 0.1) is 13.8 Å². The summed E-state index contributed by atoms with van der Waals surface area (Å²) < 4.78 is 63.5. The molecule has 3 aromatic carbocycles. The Morgan fingerprint density at radius 2 is 1.10 bits per heavy atom. The number of nitrogens with zero attached hydrogens (tertiary/aromatic N) is 1. The van der Waals surface area contributed by atoms with Crippen LogP contribution in [-0.2, 0) is 20.9 Å². The second-order valence-electron chi connectivity index (χ2n) is 6.84. The predicted octanol–water partition coefficient (Wildman–Crippen LogP) is 6.14. The molecular weight excluding hydrogens is 415 g/mol. The molecule has 4 nitrogen and oxygen atoms in total. The fraction of sp³-hybridized carbons (Fsp3) is 0.182. The number of benzene rings is 3. The Morgan fingerprint density at radius 3 is 1.47 bits per heavy atom. The third-order valence-corrected chi connectivity index (χ3v) is 5.44. The average molecular weight is 435 g/mol. The number of aryl methyl sites for hydroxylation is 2. The molecule has 0 saturated heterocycles. The monoisotopic (exact) mass is 435 g/mol. The van der Waals surface area contributed by atoms with Gasteiger partial charge in [0.15, 0.2) is 0 Å². The van der Waals surface area contributed by atoms with Gasteiger partial charge >= 0.3 is 15.6 Å². The van der Waals surface area contributed by atoms with E-state index >= 15 is 0 Å². The van der Waals surface area contributed by atoms with Crippen LogP contribution in [0.2, 0.25) is 0 Å². The highest BCUT2D eigenvalue weighted by molar-refractivity contribution is 7.87. The number of rotatable bonds is 6. The number of alkyl halides is 3. The molecule has 3 rings (SSSR count). The third-order valence-electron chi connectivity index (χ3n) is 4.44. The van der Waals surface area contributed by atoms with Crippen LogP contribution in [0.3, 0.4) is 0 Å². The minimum absolute atomic E-state index is 0.305. The largest absolute Gasteiger partial charge is 0.523 e. The fourth-order valence-corrected chi connectivity index (χ4v) is 3.21. The molecule has 0 radical (unpaired) electrons. The highest BCUT2D eigenvalue weighted by atomic mass is 32.2. The SMILES string of the molecule is Cc1ccc(N(c2ccc(C)cc2)c2ccc(COS(=O)(=O)C(F)(F)F)cc2)cc1. The van der Waals surface area contributed by atoms with Crippen LogP contribution in [0.5, 0.6) is 0 Å². The van der Waals surface area contributed by atoms with Gasteiger partial charge in [0.25, 0.3) is 0 Å². The first kappa shape index (κ1) is 21.9. The van der Waals surface area contributed by atoms with E-state index in [1.165, 1.54) is 12.1 Å². The maximum Gasteiger partial charge on any atom is 0.523 e. The van der Waals surface area contributed by atoms with Crippen molar-refractivity contribution in [3.8, 4) is 0 Å². The Balaban J connectivity index is 1.89. The lowest BCUT2D eigenvalue weighted by Gasteiger charge is -2.26. The Bertz CT molecular complexity index is 1050. The lowest BCUT2D eigenvalue weighted by atomic mass is 10.1. The summed E-state index contributed by atoms with van der Waals surface area (Å²) in [6.07, 6.45) is 0. The standard InChI is InChI=1S/C22H20F3NO3S/c1-16-3-9-19(10-4-16)26(20-11-5-17(2)6-12-20)21-13-7-18(8-14-21)15-29-30(27,28)22(23,24)25/h3-14H,15H2,1-2H3. The van der Waals surface area contributed by atoms with E-state index in [1.807, 2.05) is 67.3 Å². The van der Waals surface area contributed by atoms with E-state index in [4.69, 9.17) is 0 Å².